The van der Waals surface area contributed by atoms with Crippen molar-refractivity contribution in [3.63, 3.8) is 0 Å². The number of rotatable bonds is 4. The van der Waals surface area contributed by atoms with E-state index in [9.17, 15) is 4.79 Å². The number of hydrogen-bond donors (Lipinski definition) is 2. The summed E-state index contributed by atoms with van der Waals surface area (Å²) in [6.07, 6.45) is 0.708. The summed E-state index contributed by atoms with van der Waals surface area (Å²) in [5.74, 6) is 5.17. The molecular formula is C15H14N2O2S. The fourth-order valence-electron chi connectivity index (χ4n) is 1.69. The number of nitrogens with one attached hydrogen (secondary N) is 1. The highest BCUT2D eigenvalue weighted by Crippen LogP contribution is 2.07. The van der Waals surface area contributed by atoms with Crippen molar-refractivity contribution in [2.75, 3.05) is 13.2 Å². The molecule has 0 atom stereocenters. The molecule has 0 saturated carbocycles. The minimum Gasteiger partial charge on any atom is -0.384 e. The highest BCUT2D eigenvalue weighted by Gasteiger charge is 2.08. The van der Waals surface area contributed by atoms with Gasteiger partial charge in [0.15, 0.2) is 0 Å². The molecule has 0 unspecified atom stereocenters. The Morgan fingerprint density at radius 3 is 3.00 bits per heavy atom. The molecule has 1 aromatic heterocycles. The van der Waals surface area contributed by atoms with Gasteiger partial charge in [-0.25, -0.2) is 4.98 Å². The van der Waals surface area contributed by atoms with Gasteiger partial charge in [-0.3, -0.25) is 4.79 Å². The highest BCUT2D eigenvalue weighted by molar-refractivity contribution is 7.07. The zero-order chi connectivity index (χ0) is 14.2. The van der Waals surface area contributed by atoms with Crippen molar-refractivity contribution < 1.29 is 9.90 Å². The van der Waals surface area contributed by atoms with E-state index in [0.717, 1.165) is 5.69 Å². The summed E-state index contributed by atoms with van der Waals surface area (Å²) in [5.41, 5.74) is 3.89. The van der Waals surface area contributed by atoms with Gasteiger partial charge < -0.3 is 10.4 Å². The molecule has 4 nitrogen and oxygen atoms in total. The second kappa shape index (κ2) is 7.43. The standard InChI is InChI=1S/C15H14N2O2S/c18-9-3-5-12-4-1-2-6-14(12)15(19)16-8-7-13-10-20-11-17-13/h1-2,4,6,10-11,18H,7-9H2,(H,16,19). The van der Waals surface area contributed by atoms with Crippen molar-refractivity contribution in [1.82, 2.24) is 10.3 Å². The van der Waals surface area contributed by atoms with Crippen LogP contribution >= 0.6 is 11.3 Å². The van der Waals surface area contributed by atoms with Gasteiger partial charge in [-0.05, 0) is 12.1 Å². The van der Waals surface area contributed by atoms with Crippen LogP contribution in [0.4, 0.5) is 0 Å². The second-order valence-corrected chi connectivity index (χ2v) is 4.71. The topological polar surface area (TPSA) is 62.2 Å². The Morgan fingerprint density at radius 2 is 2.25 bits per heavy atom. The van der Waals surface area contributed by atoms with Crippen molar-refractivity contribution in [3.8, 4) is 11.8 Å². The third-order valence-electron chi connectivity index (χ3n) is 2.62. The molecule has 20 heavy (non-hydrogen) atoms. The van der Waals surface area contributed by atoms with Crippen LogP contribution in [0.3, 0.4) is 0 Å². The molecule has 0 spiro atoms. The summed E-state index contributed by atoms with van der Waals surface area (Å²) in [6.45, 7) is 0.310. The molecular weight excluding hydrogens is 272 g/mol. The van der Waals surface area contributed by atoms with Crippen LogP contribution in [0.2, 0.25) is 0 Å². The van der Waals surface area contributed by atoms with Crippen LogP contribution in [0.25, 0.3) is 0 Å². The van der Waals surface area contributed by atoms with Gasteiger partial charge in [0.05, 0.1) is 16.8 Å². The highest BCUT2D eigenvalue weighted by atomic mass is 32.1. The van der Waals surface area contributed by atoms with Crippen molar-refractivity contribution in [2.45, 2.75) is 6.42 Å². The fraction of sp³-hybridized carbons (Fsp3) is 0.200. The van der Waals surface area contributed by atoms with Crippen LogP contribution in [-0.2, 0) is 6.42 Å². The van der Waals surface area contributed by atoms with E-state index in [1.165, 1.54) is 0 Å². The van der Waals surface area contributed by atoms with Crippen LogP contribution in [0.5, 0.6) is 0 Å². The van der Waals surface area contributed by atoms with Gasteiger partial charge in [-0.2, -0.15) is 0 Å². The Bertz CT molecular complexity index is 627. The first-order valence-corrected chi connectivity index (χ1v) is 7.09. The van der Waals surface area contributed by atoms with Crippen molar-refractivity contribution in [3.05, 3.63) is 52.0 Å². The zero-order valence-electron chi connectivity index (χ0n) is 10.8. The summed E-state index contributed by atoms with van der Waals surface area (Å²) in [6, 6.07) is 7.09. The summed E-state index contributed by atoms with van der Waals surface area (Å²) >= 11 is 1.54. The first-order chi connectivity index (χ1) is 9.81. The van der Waals surface area contributed by atoms with E-state index in [2.05, 4.69) is 22.1 Å². The molecule has 0 bridgehead atoms. The Kier molecular flexibility index (Phi) is 5.30. The Labute approximate surface area is 121 Å². The minimum atomic E-state index is -0.222. The number of amides is 1. The molecule has 102 valence electrons. The number of hydrogen-bond acceptors (Lipinski definition) is 4. The number of carbonyl (C=O) groups is 1. The van der Waals surface area contributed by atoms with Crippen LogP contribution in [0.1, 0.15) is 21.6 Å². The third kappa shape index (κ3) is 3.92. The van der Waals surface area contributed by atoms with Crippen molar-refractivity contribution in [2.24, 2.45) is 0 Å². The van der Waals surface area contributed by atoms with Crippen molar-refractivity contribution in [1.29, 1.82) is 0 Å². The van der Waals surface area contributed by atoms with E-state index < -0.39 is 0 Å². The SMILES string of the molecule is O=C(NCCc1cscn1)c1ccccc1C#CCO. The molecule has 0 aliphatic heterocycles. The third-order valence-corrected chi connectivity index (χ3v) is 3.26. The average molecular weight is 286 g/mol. The first kappa shape index (κ1) is 14.3. The van der Waals surface area contributed by atoms with Crippen LogP contribution in [-0.4, -0.2) is 29.1 Å². The number of thiazole rings is 1. The van der Waals surface area contributed by atoms with Gasteiger partial charge in [-0.15, -0.1) is 11.3 Å². The maximum absolute atomic E-state index is 12.1. The van der Waals surface area contributed by atoms with Gasteiger partial charge in [0.1, 0.15) is 6.61 Å². The second-order valence-electron chi connectivity index (χ2n) is 3.99. The number of carbonyl (C=O) groups excluding carboxylic acids is 1. The monoisotopic (exact) mass is 286 g/mol. The van der Waals surface area contributed by atoms with Crippen LogP contribution < -0.4 is 5.32 Å². The largest absolute Gasteiger partial charge is 0.384 e. The molecule has 2 N–H and O–H groups in total. The number of aliphatic hydroxyl groups excluding tert-OH is 1. The number of benzene rings is 1. The Hall–Kier alpha value is -2.16. The molecule has 2 rings (SSSR count). The van der Waals surface area contributed by atoms with E-state index >= 15 is 0 Å². The lowest BCUT2D eigenvalue weighted by atomic mass is 10.1. The Balaban J connectivity index is 1.98. The summed E-state index contributed by atoms with van der Waals surface area (Å²) in [7, 11) is 0. The summed E-state index contributed by atoms with van der Waals surface area (Å²) < 4.78 is 0. The van der Waals surface area contributed by atoms with E-state index in [0.29, 0.717) is 24.1 Å². The quantitative estimate of drug-likeness (QED) is 0.837. The predicted molar refractivity (Wildman–Crippen MR) is 78.6 cm³/mol. The average Bonchev–Trinajstić information content (AvgIpc) is 2.98. The van der Waals surface area contributed by atoms with E-state index in [-0.39, 0.29) is 12.5 Å². The molecule has 1 amide bonds. The number of aromatic nitrogens is 1. The van der Waals surface area contributed by atoms with Gasteiger partial charge in [-0.1, -0.05) is 24.0 Å². The molecule has 5 heteroatoms. The molecule has 0 aliphatic carbocycles. The van der Waals surface area contributed by atoms with Gasteiger partial charge in [0.2, 0.25) is 0 Å². The maximum Gasteiger partial charge on any atom is 0.252 e. The lowest BCUT2D eigenvalue weighted by molar-refractivity contribution is 0.0954. The smallest absolute Gasteiger partial charge is 0.252 e. The molecule has 0 fully saturated rings. The maximum atomic E-state index is 12.1. The Morgan fingerprint density at radius 1 is 1.40 bits per heavy atom. The molecule has 2 aromatic rings. The van der Waals surface area contributed by atoms with Gasteiger partial charge in [0.25, 0.3) is 5.91 Å². The lowest BCUT2D eigenvalue weighted by Crippen LogP contribution is -2.26. The molecule has 1 heterocycles. The first-order valence-electron chi connectivity index (χ1n) is 6.15. The van der Waals surface area contributed by atoms with Crippen LogP contribution in [0, 0.1) is 11.8 Å². The zero-order valence-corrected chi connectivity index (χ0v) is 11.6. The van der Waals surface area contributed by atoms with Gasteiger partial charge >= 0.3 is 0 Å². The number of nitrogens with zero attached hydrogens (tertiary/aromatic N) is 1. The fourth-order valence-corrected chi connectivity index (χ4v) is 2.28. The lowest BCUT2D eigenvalue weighted by Gasteiger charge is -2.06. The minimum absolute atomic E-state index is 0.164. The molecule has 0 aliphatic rings. The normalized spacial score (nSPS) is 9.65. The molecule has 0 radical (unpaired) electrons. The number of aliphatic hydroxyl groups is 1. The van der Waals surface area contributed by atoms with Crippen molar-refractivity contribution >= 4 is 17.2 Å². The predicted octanol–water partition coefficient (Wildman–Crippen LogP) is 1.46. The summed E-state index contributed by atoms with van der Waals surface area (Å²) in [4.78, 5) is 16.3. The molecule has 0 saturated heterocycles. The van der Waals surface area contributed by atoms with Gasteiger partial charge in [0, 0.05) is 23.9 Å². The van der Waals surface area contributed by atoms with E-state index in [4.69, 9.17) is 5.11 Å². The van der Waals surface area contributed by atoms with E-state index in [1.54, 1.807) is 35.0 Å². The summed E-state index contributed by atoms with van der Waals surface area (Å²) in [5, 5.41) is 13.5. The van der Waals surface area contributed by atoms with E-state index in [1.807, 2.05) is 11.4 Å². The van der Waals surface area contributed by atoms with Crippen LogP contribution in [0.15, 0.2) is 35.2 Å². The molecule has 1 aromatic carbocycles.